The Bertz CT molecular complexity index is 258. The van der Waals surface area contributed by atoms with Crippen molar-refractivity contribution in [2.75, 3.05) is 177 Å². The van der Waals surface area contributed by atoms with Gasteiger partial charge in [-0.15, -0.1) is 0 Å². The highest BCUT2D eigenvalue weighted by molar-refractivity contribution is 4.34. The minimum Gasteiger partial charge on any atom is -0.382 e. The molecule has 39 heavy (non-hydrogen) atoms. The molecule has 0 aliphatic carbocycles. The van der Waals surface area contributed by atoms with E-state index in [-0.39, 0.29) is 0 Å². The van der Waals surface area contributed by atoms with Crippen LogP contribution in [0.3, 0.4) is 0 Å². The molecule has 0 saturated heterocycles. The van der Waals surface area contributed by atoms with Gasteiger partial charge in [0, 0.05) is 71.1 Å². The molecule has 0 heterocycles. The molecule has 0 fully saturated rings. The molecule has 0 aliphatic rings. The van der Waals surface area contributed by atoms with Gasteiger partial charge in [0.15, 0.2) is 0 Å². The van der Waals surface area contributed by atoms with Gasteiger partial charge in [0.2, 0.25) is 0 Å². The summed E-state index contributed by atoms with van der Waals surface area (Å²) in [5, 5.41) is 0. The van der Waals surface area contributed by atoms with Crippen molar-refractivity contribution in [3.8, 4) is 0 Å². The van der Waals surface area contributed by atoms with Gasteiger partial charge in [-0.3, -0.25) is 0 Å². The molecule has 0 radical (unpaired) electrons. The molecule has 0 atom stereocenters. The fourth-order valence-electron chi connectivity index (χ4n) is 1.49. The normalized spacial score (nSPS) is 9.69. The van der Waals surface area contributed by atoms with E-state index in [9.17, 15) is 0 Å². The van der Waals surface area contributed by atoms with Crippen LogP contribution in [0.4, 0.5) is 0 Å². The smallest absolute Gasteiger partial charge is 0.0701 e. The zero-order chi connectivity index (χ0) is 30.5. The number of hydrogen-bond donors (Lipinski definition) is 0. The lowest BCUT2D eigenvalue weighted by Gasteiger charge is -2.06. The molecule has 0 aliphatic heterocycles. The van der Waals surface area contributed by atoms with Gasteiger partial charge in [0.05, 0.1) is 106 Å². The average molecular weight is 583 g/mol. The Hall–Kier alpha value is -0.520. The van der Waals surface area contributed by atoms with Gasteiger partial charge in [-0.25, -0.2) is 0 Å². The predicted octanol–water partition coefficient (Wildman–Crippen LogP) is 1.45. The Morgan fingerprint density at radius 3 is 0.410 bits per heavy atom. The van der Waals surface area contributed by atoms with Crippen LogP contribution >= 0.6 is 0 Å². The van der Waals surface area contributed by atoms with Gasteiger partial charge in [-0.2, -0.15) is 0 Å². The highest BCUT2D eigenvalue weighted by Crippen LogP contribution is 1.82. The third kappa shape index (κ3) is 85.6. The Kier molecular flexibility index (Phi) is 76.0. The SMILES string of the molecule is COCCOC.COCCOC.COCCOC.COCCOC.COCCOCCOCCOCCOC. The van der Waals surface area contributed by atoms with Crippen molar-refractivity contribution in [1.82, 2.24) is 0 Å². The lowest BCUT2D eigenvalue weighted by molar-refractivity contribution is -0.00380. The highest BCUT2D eigenvalue weighted by atomic mass is 16.6. The van der Waals surface area contributed by atoms with Crippen LogP contribution in [0, 0.1) is 0 Å². The van der Waals surface area contributed by atoms with Gasteiger partial charge in [0.1, 0.15) is 0 Å². The fraction of sp³-hybridized carbons (Fsp3) is 1.00. The Morgan fingerprint density at radius 2 is 0.282 bits per heavy atom. The monoisotopic (exact) mass is 582 g/mol. The number of ether oxygens (including phenoxy) is 13. The molecule has 13 heteroatoms. The highest BCUT2D eigenvalue weighted by Gasteiger charge is 1.91. The van der Waals surface area contributed by atoms with Crippen LogP contribution in [-0.2, 0) is 61.6 Å². The largest absolute Gasteiger partial charge is 0.382 e. The van der Waals surface area contributed by atoms with Crippen molar-refractivity contribution in [2.45, 2.75) is 0 Å². The van der Waals surface area contributed by atoms with E-state index in [1.54, 1.807) is 71.1 Å². The zero-order valence-corrected chi connectivity index (χ0v) is 26.6. The third-order valence-electron chi connectivity index (χ3n) is 3.57. The fourth-order valence-corrected chi connectivity index (χ4v) is 1.49. The van der Waals surface area contributed by atoms with Crippen molar-refractivity contribution >= 4 is 0 Å². The first kappa shape index (κ1) is 48.2. The molecule has 0 bridgehead atoms. The van der Waals surface area contributed by atoms with E-state index in [1.807, 2.05) is 0 Å². The first-order valence-corrected chi connectivity index (χ1v) is 12.7. The minimum absolute atomic E-state index is 0.595. The molecule has 0 rings (SSSR count). The summed E-state index contributed by atoms with van der Waals surface area (Å²) in [7, 11) is 16.5. The van der Waals surface area contributed by atoms with Crippen molar-refractivity contribution in [3.63, 3.8) is 0 Å². The molecule has 0 aromatic rings. The van der Waals surface area contributed by atoms with E-state index in [4.69, 9.17) is 23.7 Å². The molecule has 0 N–H and O–H groups in total. The van der Waals surface area contributed by atoms with Gasteiger partial charge in [-0.1, -0.05) is 0 Å². The first-order valence-electron chi connectivity index (χ1n) is 12.7. The Labute approximate surface area is 238 Å². The molecule has 0 amide bonds. The van der Waals surface area contributed by atoms with E-state index in [1.165, 1.54) is 0 Å². The summed E-state index contributed by atoms with van der Waals surface area (Å²) >= 11 is 0. The zero-order valence-electron chi connectivity index (χ0n) is 26.6. The van der Waals surface area contributed by atoms with Crippen LogP contribution in [0.25, 0.3) is 0 Å². The van der Waals surface area contributed by atoms with E-state index in [2.05, 4.69) is 37.9 Å². The van der Waals surface area contributed by atoms with E-state index in [0.29, 0.717) is 106 Å². The molecule has 0 saturated carbocycles. The second kappa shape index (κ2) is 61.5. The summed E-state index contributed by atoms with van der Waals surface area (Å²) in [5.74, 6) is 0. The Balaban J connectivity index is -0.000000135. The third-order valence-corrected chi connectivity index (χ3v) is 3.57. The van der Waals surface area contributed by atoms with Gasteiger partial charge >= 0.3 is 0 Å². The van der Waals surface area contributed by atoms with Gasteiger partial charge in [0.25, 0.3) is 0 Å². The lowest BCUT2D eigenvalue weighted by Crippen LogP contribution is -2.12. The van der Waals surface area contributed by atoms with E-state index >= 15 is 0 Å². The maximum Gasteiger partial charge on any atom is 0.0701 e. The molecular formula is C26H62O13. The second-order valence-corrected chi connectivity index (χ2v) is 6.77. The van der Waals surface area contributed by atoms with Crippen LogP contribution in [0.15, 0.2) is 0 Å². The minimum atomic E-state index is 0.595. The summed E-state index contributed by atoms with van der Waals surface area (Å²) in [6.45, 7) is 10.4. The second-order valence-electron chi connectivity index (χ2n) is 6.77. The van der Waals surface area contributed by atoms with Gasteiger partial charge < -0.3 is 61.6 Å². The quantitative estimate of drug-likeness (QED) is 0.153. The summed E-state index contributed by atoms with van der Waals surface area (Å²) < 4.78 is 62.6. The van der Waals surface area contributed by atoms with Crippen LogP contribution < -0.4 is 0 Å². The van der Waals surface area contributed by atoms with Crippen LogP contribution in [-0.4, -0.2) is 177 Å². The van der Waals surface area contributed by atoms with Crippen LogP contribution in [0.2, 0.25) is 0 Å². The maximum atomic E-state index is 5.26. The molecule has 0 aromatic carbocycles. The van der Waals surface area contributed by atoms with Crippen molar-refractivity contribution in [1.29, 1.82) is 0 Å². The summed E-state index contributed by atoms with van der Waals surface area (Å²) in [6, 6.07) is 0. The summed E-state index contributed by atoms with van der Waals surface area (Å²) in [5.41, 5.74) is 0. The standard InChI is InChI=1S/C10H22O5.4C4H10O2/c1-11-3-5-13-7-9-15-10-8-14-6-4-12-2;4*1-5-3-4-6-2/h3-10H2,1-2H3;4*3-4H2,1-2H3. The molecular weight excluding hydrogens is 520 g/mol. The van der Waals surface area contributed by atoms with Crippen LogP contribution in [0.1, 0.15) is 0 Å². The number of methoxy groups -OCH3 is 10. The van der Waals surface area contributed by atoms with Crippen molar-refractivity contribution < 1.29 is 61.6 Å². The maximum absolute atomic E-state index is 5.26. The first-order chi connectivity index (χ1) is 19.1. The van der Waals surface area contributed by atoms with Crippen molar-refractivity contribution in [2.24, 2.45) is 0 Å². The topological polar surface area (TPSA) is 120 Å². The van der Waals surface area contributed by atoms with E-state index < -0.39 is 0 Å². The lowest BCUT2D eigenvalue weighted by atomic mass is 10.7. The average Bonchev–Trinajstić information content (AvgIpc) is 2.97. The number of hydrogen-bond acceptors (Lipinski definition) is 13. The Morgan fingerprint density at radius 1 is 0.179 bits per heavy atom. The van der Waals surface area contributed by atoms with E-state index in [0.717, 1.165) is 0 Å². The van der Waals surface area contributed by atoms with Crippen LogP contribution in [0.5, 0.6) is 0 Å². The summed E-state index contributed by atoms with van der Waals surface area (Å²) in [4.78, 5) is 0. The summed E-state index contributed by atoms with van der Waals surface area (Å²) in [6.07, 6.45) is 0. The van der Waals surface area contributed by atoms with Gasteiger partial charge in [-0.05, 0) is 0 Å². The van der Waals surface area contributed by atoms with Crippen molar-refractivity contribution in [3.05, 3.63) is 0 Å². The predicted molar refractivity (Wildman–Crippen MR) is 151 cm³/mol. The molecule has 244 valence electrons. The molecule has 0 spiro atoms. The number of rotatable bonds is 24. The molecule has 0 unspecified atom stereocenters. The molecule has 13 nitrogen and oxygen atoms in total. The molecule has 0 aromatic heterocycles.